The van der Waals surface area contributed by atoms with Crippen LogP contribution in [0, 0.1) is 0 Å². The van der Waals surface area contributed by atoms with Gasteiger partial charge in [0.15, 0.2) is 18.1 Å². The predicted octanol–water partition coefficient (Wildman–Crippen LogP) is 10.8. The maximum absolute atomic E-state index is 14.0. The van der Waals surface area contributed by atoms with Crippen molar-refractivity contribution in [3.63, 3.8) is 0 Å². The molecular formula is C40H51F3O7. The summed E-state index contributed by atoms with van der Waals surface area (Å²) in [7, 11) is 0. The van der Waals surface area contributed by atoms with Crippen LogP contribution < -0.4 is 9.47 Å². The third-order valence-corrected chi connectivity index (χ3v) is 9.02. The van der Waals surface area contributed by atoms with Gasteiger partial charge in [0.05, 0.1) is 6.61 Å². The van der Waals surface area contributed by atoms with Crippen molar-refractivity contribution in [1.82, 2.24) is 0 Å². The van der Waals surface area contributed by atoms with Gasteiger partial charge < -0.3 is 23.7 Å². The summed E-state index contributed by atoms with van der Waals surface area (Å²) in [6, 6.07) is 16.2. The van der Waals surface area contributed by atoms with Crippen LogP contribution >= 0.6 is 0 Å². The van der Waals surface area contributed by atoms with E-state index in [2.05, 4.69) is 13.8 Å². The fraction of sp³-hybridized carbons (Fsp3) is 0.550. The molecule has 0 N–H and O–H groups in total. The monoisotopic (exact) mass is 700 g/mol. The van der Waals surface area contributed by atoms with Crippen LogP contribution in [0.3, 0.4) is 0 Å². The van der Waals surface area contributed by atoms with Gasteiger partial charge in [-0.05, 0) is 66.1 Å². The highest BCUT2D eigenvalue weighted by atomic mass is 19.4. The Bertz CT molecular complexity index is 1470. The Morgan fingerprint density at radius 2 is 1.44 bits per heavy atom. The molecule has 1 heterocycles. The first-order chi connectivity index (χ1) is 24.2. The number of ether oxygens (including phenoxy) is 5. The van der Waals surface area contributed by atoms with Crippen LogP contribution in [0.2, 0.25) is 0 Å². The van der Waals surface area contributed by atoms with Gasteiger partial charge in [-0.1, -0.05) is 102 Å². The molecule has 1 fully saturated rings. The molecule has 1 saturated heterocycles. The molecule has 4 rings (SSSR count). The first kappa shape index (κ1) is 39.2. The van der Waals surface area contributed by atoms with Gasteiger partial charge in [0.1, 0.15) is 17.4 Å². The minimum atomic E-state index is -4.78. The van der Waals surface area contributed by atoms with E-state index in [1.807, 2.05) is 36.4 Å². The van der Waals surface area contributed by atoms with E-state index >= 15 is 0 Å². The number of hydrogen-bond donors (Lipinski definition) is 0. The minimum absolute atomic E-state index is 0.0904. The van der Waals surface area contributed by atoms with Crippen molar-refractivity contribution in [2.24, 2.45) is 0 Å². The van der Waals surface area contributed by atoms with Crippen molar-refractivity contribution in [3.8, 4) is 22.6 Å². The molecule has 0 radical (unpaired) electrons. The van der Waals surface area contributed by atoms with Gasteiger partial charge in [-0.15, -0.1) is 0 Å². The van der Waals surface area contributed by atoms with Crippen LogP contribution in [0.15, 0.2) is 54.6 Å². The SMILES string of the molecule is CCCCCCCCCCOc1ccc(-c2ccc3c(OC=O)c(C(=O)O[C@@H]4CC[C@@H](OCCCCCC)O[C@H]4C(F)(F)F)ccc3c2)cc1. The summed E-state index contributed by atoms with van der Waals surface area (Å²) in [6.45, 7) is 5.44. The van der Waals surface area contributed by atoms with Crippen LogP contribution in [0.25, 0.3) is 21.9 Å². The summed E-state index contributed by atoms with van der Waals surface area (Å²) in [5.74, 6) is -0.339. The molecule has 7 nitrogen and oxygen atoms in total. The number of rotatable bonds is 21. The highest BCUT2D eigenvalue weighted by Crippen LogP contribution is 2.37. The maximum Gasteiger partial charge on any atom is 0.418 e. The lowest BCUT2D eigenvalue weighted by molar-refractivity contribution is -0.311. The van der Waals surface area contributed by atoms with Crippen molar-refractivity contribution >= 4 is 23.2 Å². The number of carbonyl (C=O) groups excluding carboxylic acids is 2. The molecular weight excluding hydrogens is 649 g/mol. The summed E-state index contributed by atoms with van der Waals surface area (Å²) >= 11 is 0. The average Bonchev–Trinajstić information content (AvgIpc) is 3.11. The molecule has 1 aliphatic rings. The summed E-state index contributed by atoms with van der Waals surface area (Å²) in [6.07, 6.45) is 3.90. The van der Waals surface area contributed by atoms with E-state index in [1.165, 1.54) is 44.6 Å². The Balaban J connectivity index is 1.38. The molecule has 10 heteroatoms. The number of unbranched alkanes of at least 4 members (excludes halogenated alkanes) is 10. The molecule has 0 aliphatic carbocycles. The molecule has 0 unspecified atom stereocenters. The van der Waals surface area contributed by atoms with Crippen LogP contribution in [0.5, 0.6) is 11.5 Å². The predicted molar refractivity (Wildman–Crippen MR) is 187 cm³/mol. The second kappa shape index (κ2) is 20.3. The number of alkyl halides is 3. The number of carbonyl (C=O) groups is 2. The molecule has 3 atom stereocenters. The summed E-state index contributed by atoms with van der Waals surface area (Å²) in [4.78, 5) is 24.8. The van der Waals surface area contributed by atoms with Crippen LogP contribution in [-0.4, -0.2) is 50.3 Å². The summed E-state index contributed by atoms with van der Waals surface area (Å²) in [5, 5.41) is 1.10. The van der Waals surface area contributed by atoms with Gasteiger partial charge in [-0.3, -0.25) is 4.79 Å². The lowest BCUT2D eigenvalue weighted by atomic mass is 9.98. The smallest absolute Gasteiger partial charge is 0.418 e. The summed E-state index contributed by atoms with van der Waals surface area (Å²) in [5.41, 5.74) is 1.66. The molecule has 1 aliphatic heterocycles. The second-order valence-corrected chi connectivity index (χ2v) is 12.9. The van der Waals surface area contributed by atoms with E-state index < -0.39 is 30.6 Å². The van der Waals surface area contributed by atoms with Crippen molar-refractivity contribution in [1.29, 1.82) is 0 Å². The summed E-state index contributed by atoms with van der Waals surface area (Å²) < 4.78 is 69.3. The van der Waals surface area contributed by atoms with Gasteiger partial charge >= 0.3 is 12.1 Å². The normalized spacial score (nSPS) is 17.8. The number of fused-ring (bicyclic) bond motifs is 1. The van der Waals surface area contributed by atoms with E-state index in [4.69, 9.17) is 23.7 Å². The van der Waals surface area contributed by atoms with E-state index in [1.54, 1.807) is 12.1 Å². The van der Waals surface area contributed by atoms with E-state index in [9.17, 15) is 22.8 Å². The van der Waals surface area contributed by atoms with Crippen LogP contribution in [-0.2, 0) is 19.0 Å². The zero-order valence-electron chi connectivity index (χ0n) is 29.3. The lowest BCUT2D eigenvalue weighted by Gasteiger charge is -2.36. The highest BCUT2D eigenvalue weighted by molar-refractivity contribution is 6.03. The van der Waals surface area contributed by atoms with Gasteiger partial charge in [0.25, 0.3) is 6.47 Å². The van der Waals surface area contributed by atoms with Crippen LogP contribution in [0.1, 0.15) is 114 Å². The van der Waals surface area contributed by atoms with Crippen molar-refractivity contribution in [3.05, 3.63) is 60.2 Å². The first-order valence-corrected chi connectivity index (χ1v) is 18.2. The number of benzene rings is 3. The van der Waals surface area contributed by atoms with E-state index in [0.29, 0.717) is 24.0 Å². The van der Waals surface area contributed by atoms with E-state index in [0.717, 1.165) is 55.4 Å². The molecule has 50 heavy (non-hydrogen) atoms. The third-order valence-electron chi connectivity index (χ3n) is 9.02. The molecule has 0 bridgehead atoms. The lowest BCUT2D eigenvalue weighted by Crippen LogP contribution is -2.50. The molecule has 3 aromatic rings. The standard InChI is InChI=1S/C40H51F3O7/c1-3-5-7-9-10-11-12-14-25-46-32-19-15-29(16-20-32)30-17-21-33-31(27-30)18-22-34(37(33)48-28-44)39(45)49-35-23-24-36(47-26-13-8-6-4-2)50-38(35)40(41,42)43/h15-22,27-28,35-36,38H,3-14,23-26H2,1-2H3/t35-,36+,38-/m1/s1. The molecule has 0 amide bonds. The van der Waals surface area contributed by atoms with Gasteiger partial charge in [-0.25, -0.2) is 4.79 Å². The maximum atomic E-state index is 14.0. The Kier molecular flexibility index (Phi) is 15.9. The molecule has 0 aromatic heterocycles. The zero-order valence-corrected chi connectivity index (χ0v) is 29.3. The first-order valence-electron chi connectivity index (χ1n) is 18.2. The largest absolute Gasteiger partial charge is 0.494 e. The average molecular weight is 701 g/mol. The van der Waals surface area contributed by atoms with Gasteiger partial charge in [0, 0.05) is 18.4 Å². The zero-order chi connectivity index (χ0) is 35.8. The van der Waals surface area contributed by atoms with Crippen molar-refractivity contribution in [2.75, 3.05) is 13.2 Å². The third kappa shape index (κ3) is 11.7. The number of esters is 1. The molecule has 3 aromatic carbocycles. The Hall–Kier alpha value is -3.63. The van der Waals surface area contributed by atoms with E-state index in [-0.39, 0.29) is 30.6 Å². The number of halogens is 3. The molecule has 274 valence electrons. The highest BCUT2D eigenvalue weighted by Gasteiger charge is 2.51. The molecule has 0 saturated carbocycles. The Labute approximate surface area is 293 Å². The van der Waals surface area contributed by atoms with Crippen molar-refractivity contribution in [2.45, 2.75) is 128 Å². The number of hydrogen-bond acceptors (Lipinski definition) is 7. The fourth-order valence-corrected chi connectivity index (χ4v) is 6.23. The van der Waals surface area contributed by atoms with Crippen LogP contribution in [0.4, 0.5) is 13.2 Å². The molecule has 0 spiro atoms. The Morgan fingerprint density at radius 3 is 2.12 bits per heavy atom. The minimum Gasteiger partial charge on any atom is -0.494 e. The van der Waals surface area contributed by atoms with Gasteiger partial charge in [-0.2, -0.15) is 13.2 Å². The quantitative estimate of drug-likeness (QED) is 0.0621. The Morgan fingerprint density at radius 1 is 0.800 bits per heavy atom. The second-order valence-electron chi connectivity index (χ2n) is 12.9. The van der Waals surface area contributed by atoms with Gasteiger partial charge in [0.2, 0.25) is 0 Å². The van der Waals surface area contributed by atoms with Crippen molar-refractivity contribution < 1.29 is 46.4 Å². The fourth-order valence-electron chi connectivity index (χ4n) is 6.23. The topological polar surface area (TPSA) is 80.3 Å².